The summed E-state index contributed by atoms with van der Waals surface area (Å²) in [5.41, 5.74) is 3.95. The largest absolute Gasteiger partial charge is 0.493 e. The van der Waals surface area contributed by atoms with E-state index < -0.39 is 11.1 Å². The molecule has 1 atom stereocenters. The lowest BCUT2D eigenvalue weighted by molar-refractivity contribution is -0.763. The Morgan fingerprint density at radius 1 is 1.02 bits per heavy atom. The maximum atomic E-state index is 13.5. The summed E-state index contributed by atoms with van der Waals surface area (Å²) in [6.07, 6.45) is 7.09. The molecule has 0 saturated heterocycles. The van der Waals surface area contributed by atoms with Crippen LogP contribution in [0.15, 0.2) is 58.2 Å². The average Bonchev–Trinajstić information content (AvgIpc) is 3.41. The van der Waals surface area contributed by atoms with Crippen LogP contribution in [0.2, 0.25) is 0 Å². The molecule has 2 aliphatic rings. The summed E-state index contributed by atoms with van der Waals surface area (Å²) in [4.78, 5) is 42.5. The molecule has 0 radical (unpaired) electrons. The third-order valence-corrected chi connectivity index (χ3v) is 8.73. The summed E-state index contributed by atoms with van der Waals surface area (Å²) < 4.78 is 18.2. The maximum absolute atomic E-state index is 13.5. The van der Waals surface area contributed by atoms with Gasteiger partial charge in [0.2, 0.25) is 5.75 Å². The predicted molar refractivity (Wildman–Crippen MR) is 163 cm³/mol. The Hall–Kier alpha value is -4.25. The zero-order valence-electron chi connectivity index (χ0n) is 24.3. The lowest BCUT2D eigenvalue weighted by Crippen LogP contribution is -2.29. The SMILES string of the molecule is COc1cc2c(c(OC3CCCC3)c1OC)CC[C@H](NC(=O)c1cccc(CO[N+](=O)[O-])c1)c1cc(=O)c(SC)ccc1-2. The van der Waals surface area contributed by atoms with E-state index in [0.717, 1.165) is 42.4 Å². The van der Waals surface area contributed by atoms with Gasteiger partial charge in [0, 0.05) is 11.1 Å². The van der Waals surface area contributed by atoms with Crippen molar-refractivity contribution in [1.82, 2.24) is 5.32 Å². The van der Waals surface area contributed by atoms with E-state index in [1.807, 2.05) is 24.5 Å². The number of rotatable bonds is 10. The third-order valence-electron chi connectivity index (χ3n) is 7.96. The van der Waals surface area contributed by atoms with Crippen molar-refractivity contribution in [3.63, 3.8) is 0 Å². The van der Waals surface area contributed by atoms with E-state index in [-0.39, 0.29) is 24.0 Å². The molecule has 43 heavy (non-hydrogen) atoms. The number of carbonyl (C=O) groups is 1. The second kappa shape index (κ2) is 13.4. The lowest BCUT2D eigenvalue weighted by Gasteiger charge is -2.23. The Kier molecular flexibility index (Phi) is 9.40. The molecule has 3 aromatic carbocycles. The zero-order chi connectivity index (χ0) is 30.5. The molecule has 0 unspecified atom stereocenters. The van der Waals surface area contributed by atoms with Gasteiger partial charge in [-0.05, 0) is 97.4 Å². The molecule has 5 rings (SSSR count). The molecular formula is C32H34N2O8S. The van der Waals surface area contributed by atoms with Crippen LogP contribution in [0.1, 0.15) is 65.2 Å². The number of nitrogens with one attached hydrogen (secondary N) is 1. The Labute approximate surface area is 253 Å². The van der Waals surface area contributed by atoms with Crippen LogP contribution in [0.25, 0.3) is 11.1 Å². The molecule has 226 valence electrons. The predicted octanol–water partition coefficient (Wildman–Crippen LogP) is 5.90. The number of hydrogen-bond donors (Lipinski definition) is 1. The van der Waals surface area contributed by atoms with Gasteiger partial charge in [0.05, 0.1) is 31.3 Å². The molecule has 1 N–H and O–H groups in total. The van der Waals surface area contributed by atoms with Gasteiger partial charge in [0.1, 0.15) is 6.61 Å². The molecular weight excluding hydrogens is 572 g/mol. The number of nitrogens with zero attached hydrogens (tertiary/aromatic N) is 1. The highest BCUT2D eigenvalue weighted by Crippen LogP contribution is 2.50. The van der Waals surface area contributed by atoms with E-state index in [1.54, 1.807) is 44.6 Å². The Bertz CT molecular complexity index is 1590. The van der Waals surface area contributed by atoms with E-state index in [0.29, 0.717) is 51.7 Å². The molecule has 0 bridgehead atoms. The highest BCUT2D eigenvalue weighted by Gasteiger charge is 2.31. The van der Waals surface area contributed by atoms with Crippen molar-refractivity contribution in [2.45, 2.75) is 62.2 Å². The van der Waals surface area contributed by atoms with Crippen molar-refractivity contribution < 1.29 is 28.9 Å². The maximum Gasteiger partial charge on any atom is 0.294 e. The third kappa shape index (κ3) is 6.56. The molecule has 2 aliphatic carbocycles. The number of carbonyl (C=O) groups excluding carboxylic acids is 1. The molecule has 3 aromatic rings. The van der Waals surface area contributed by atoms with Crippen LogP contribution in [0.4, 0.5) is 0 Å². The summed E-state index contributed by atoms with van der Waals surface area (Å²) in [6, 6.07) is 13.2. The number of thioether (sulfide) groups is 1. The van der Waals surface area contributed by atoms with Crippen LogP contribution < -0.4 is 25.0 Å². The van der Waals surface area contributed by atoms with Crippen molar-refractivity contribution >= 4 is 17.7 Å². The molecule has 11 heteroatoms. The van der Waals surface area contributed by atoms with Crippen LogP contribution in [0.5, 0.6) is 17.2 Å². The Morgan fingerprint density at radius 2 is 1.81 bits per heavy atom. The van der Waals surface area contributed by atoms with Gasteiger partial charge < -0.3 is 24.4 Å². The van der Waals surface area contributed by atoms with Crippen LogP contribution >= 0.6 is 11.8 Å². The van der Waals surface area contributed by atoms with Gasteiger partial charge in [-0.25, -0.2) is 0 Å². The van der Waals surface area contributed by atoms with E-state index in [4.69, 9.17) is 14.2 Å². The molecule has 10 nitrogen and oxygen atoms in total. The van der Waals surface area contributed by atoms with Gasteiger partial charge in [-0.1, -0.05) is 18.2 Å². The smallest absolute Gasteiger partial charge is 0.294 e. The van der Waals surface area contributed by atoms with Crippen LogP contribution in [-0.2, 0) is 17.9 Å². The molecule has 0 aromatic heterocycles. The summed E-state index contributed by atoms with van der Waals surface area (Å²) in [7, 11) is 3.18. The minimum atomic E-state index is -0.870. The fourth-order valence-corrected chi connectivity index (χ4v) is 6.35. The molecule has 0 aliphatic heterocycles. The van der Waals surface area contributed by atoms with Gasteiger partial charge in [0.25, 0.3) is 11.0 Å². The van der Waals surface area contributed by atoms with Gasteiger partial charge in [-0.2, -0.15) is 0 Å². The first-order valence-corrected chi connectivity index (χ1v) is 15.4. The van der Waals surface area contributed by atoms with Gasteiger partial charge in [-0.15, -0.1) is 21.9 Å². The van der Waals surface area contributed by atoms with Crippen molar-refractivity contribution in [2.24, 2.45) is 0 Å². The monoisotopic (exact) mass is 606 g/mol. The summed E-state index contributed by atoms with van der Waals surface area (Å²) in [5, 5.41) is 12.9. The number of benzene rings is 2. The summed E-state index contributed by atoms with van der Waals surface area (Å²) in [6.45, 7) is -0.268. The van der Waals surface area contributed by atoms with Crippen LogP contribution in [-0.4, -0.2) is 37.6 Å². The van der Waals surface area contributed by atoms with E-state index in [2.05, 4.69) is 10.2 Å². The summed E-state index contributed by atoms with van der Waals surface area (Å²) in [5.74, 6) is 1.32. The second-order valence-corrected chi connectivity index (χ2v) is 11.4. The minimum absolute atomic E-state index is 0.0677. The van der Waals surface area contributed by atoms with Gasteiger partial charge in [-0.3, -0.25) is 9.59 Å². The van der Waals surface area contributed by atoms with E-state index in [1.165, 1.54) is 11.8 Å². The number of hydrogen-bond acceptors (Lipinski definition) is 9. The molecule has 0 heterocycles. The van der Waals surface area contributed by atoms with Crippen molar-refractivity contribution in [3.8, 4) is 28.4 Å². The average molecular weight is 607 g/mol. The molecule has 1 amide bonds. The first kappa shape index (κ1) is 30.2. The van der Waals surface area contributed by atoms with Crippen LogP contribution in [0.3, 0.4) is 0 Å². The Morgan fingerprint density at radius 3 is 2.51 bits per heavy atom. The van der Waals surface area contributed by atoms with Crippen molar-refractivity contribution in [2.75, 3.05) is 20.5 Å². The Balaban J connectivity index is 1.60. The number of amides is 1. The first-order chi connectivity index (χ1) is 20.8. The standard InChI is InChI=1S/C32H34N2O8S/c1-39-28-17-24-22-12-14-29(43-3)27(35)16-25(22)26(33-32(36)20-8-6-7-19(15-20)18-41-34(37)38)13-11-23(24)30(31(28)40-2)42-21-9-4-5-10-21/h6-8,12,14-17,21,26H,4-5,9-11,13,18H2,1-3H3,(H,33,36)/t26-/m0/s1. The lowest BCUT2D eigenvalue weighted by atomic mass is 9.96. The second-order valence-electron chi connectivity index (χ2n) is 10.5. The van der Waals surface area contributed by atoms with Crippen LogP contribution in [0, 0.1) is 10.1 Å². The topological polar surface area (TPSA) is 126 Å². The molecule has 0 spiro atoms. The van der Waals surface area contributed by atoms with Crippen molar-refractivity contribution in [1.29, 1.82) is 0 Å². The van der Waals surface area contributed by atoms with Crippen molar-refractivity contribution in [3.05, 3.63) is 91.1 Å². The fraction of sp³-hybridized carbons (Fsp3) is 0.375. The minimum Gasteiger partial charge on any atom is -0.493 e. The van der Waals surface area contributed by atoms with Gasteiger partial charge >= 0.3 is 0 Å². The van der Waals surface area contributed by atoms with E-state index >= 15 is 0 Å². The molecule has 1 saturated carbocycles. The fourth-order valence-electron chi connectivity index (χ4n) is 5.88. The number of fused-ring (bicyclic) bond motifs is 3. The highest BCUT2D eigenvalue weighted by atomic mass is 32.2. The summed E-state index contributed by atoms with van der Waals surface area (Å²) >= 11 is 1.36. The first-order valence-electron chi connectivity index (χ1n) is 14.2. The quantitative estimate of drug-likeness (QED) is 0.171. The number of ether oxygens (including phenoxy) is 3. The van der Waals surface area contributed by atoms with Gasteiger partial charge in [0.15, 0.2) is 16.9 Å². The highest BCUT2D eigenvalue weighted by molar-refractivity contribution is 7.98. The molecule has 1 fully saturated rings. The number of methoxy groups -OCH3 is 2. The normalized spacial score (nSPS) is 15.9. The zero-order valence-corrected chi connectivity index (χ0v) is 25.2. The van der Waals surface area contributed by atoms with E-state index in [9.17, 15) is 19.7 Å².